The van der Waals surface area contributed by atoms with Gasteiger partial charge in [-0.15, -0.1) is 0 Å². The maximum atomic E-state index is 11.7. The number of methoxy groups -OCH3 is 1. The van der Waals surface area contributed by atoms with Gasteiger partial charge in [0, 0.05) is 6.07 Å². The monoisotopic (exact) mass is 357 g/mol. The molecular weight excluding hydrogens is 338 g/mol. The molecule has 2 aromatic carbocycles. The molecule has 0 atom stereocenters. The number of hydrogen-bond donors (Lipinski definition) is 1. The van der Waals surface area contributed by atoms with Gasteiger partial charge < -0.3 is 9.47 Å². The van der Waals surface area contributed by atoms with Crippen molar-refractivity contribution in [3.8, 4) is 5.75 Å². The summed E-state index contributed by atoms with van der Waals surface area (Å²) in [5, 5.41) is 15.5. The molecule has 0 radical (unpaired) electrons. The molecule has 0 aromatic heterocycles. The number of hydrazone groups is 1. The molecule has 8 heteroatoms. The van der Waals surface area contributed by atoms with Crippen LogP contribution in [0.1, 0.15) is 29.8 Å². The average Bonchev–Trinajstić information content (AvgIpc) is 2.66. The predicted octanol–water partition coefficient (Wildman–Crippen LogP) is 3.62. The van der Waals surface area contributed by atoms with E-state index in [0.29, 0.717) is 5.71 Å². The van der Waals surface area contributed by atoms with Gasteiger partial charge >= 0.3 is 5.97 Å². The van der Waals surface area contributed by atoms with E-state index in [9.17, 15) is 14.9 Å². The van der Waals surface area contributed by atoms with E-state index in [0.717, 1.165) is 11.3 Å². The molecule has 0 amide bonds. The first kappa shape index (κ1) is 18.9. The molecule has 0 aliphatic rings. The molecule has 1 N–H and O–H groups in total. The highest BCUT2D eigenvalue weighted by atomic mass is 16.6. The molecule has 0 spiro atoms. The minimum Gasteiger partial charge on any atom is -0.497 e. The number of anilines is 1. The second-order valence-corrected chi connectivity index (χ2v) is 5.25. The van der Waals surface area contributed by atoms with E-state index >= 15 is 0 Å². The quantitative estimate of drug-likeness (QED) is 0.351. The van der Waals surface area contributed by atoms with Gasteiger partial charge in [0.2, 0.25) is 0 Å². The summed E-state index contributed by atoms with van der Waals surface area (Å²) in [5.41, 5.74) is 4.18. The lowest BCUT2D eigenvalue weighted by molar-refractivity contribution is -0.384. The molecule has 0 aliphatic carbocycles. The van der Waals surface area contributed by atoms with Gasteiger partial charge in [0.15, 0.2) is 0 Å². The molecule has 136 valence electrons. The Hall–Kier alpha value is -3.42. The van der Waals surface area contributed by atoms with E-state index in [2.05, 4.69) is 10.5 Å². The van der Waals surface area contributed by atoms with Crippen LogP contribution >= 0.6 is 0 Å². The van der Waals surface area contributed by atoms with Crippen LogP contribution in [0.2, 0.25) is 0 Å². The summed E-state index contributed by atoms with van der Waals surface area (Å²) in [6.45, 7) is 3.63. The first-order chi connectivity index (χ1) is 12.5. The summed E-state index contributed by atoms with van der Waals surface area (Å²) in [5.74, 6) is 0.111. The van der Waals surface area contributed by atoms with Gasteiger partial charge in [0.25, 0.3) is 5.69 Å². The minimum absolute atomic E-state index is 0.111. The third kappa shape index (κ3) is 4.56. The lowest BCUT2D eigenvalue weighted by Crippen LogP contribution is -2.07. The van der Waals surface area contributed by atoms with E-state index in [1.54, 1.807) is 33.1 Å². The Morgan fingerprint density at radius 3 is 2.42 bits per heavy atom. The minimum atomic E-state index is -0.611. The van der Waals surface area contributed by atoms with Crippen LogP contribution in [0.3, 0.4) is 0 Å². The van der Waals surface area contributed by atoms with E-state index in [1.807, 2.05) is 12.1 Å². The average molecular weight is 357 g/mol. The molecule has 0 bridgehead atoms. The SMILES string of the molecule is CCOC(=O)c1ccc(N/N=C(/C)c2ccc(OC)cc2)c([N+](=O)[O-])c1. The Kier molecular flexibility index (Phi) is 6.26. The van der Waals surface area contributed by atoms with E-state index in [1.165, 1.54) is 18.2 Å². The molecule has 8 nitrogen and oxygen atoms in total. The third-order valence-corrected chi connectivity index (χ3v) is 3.56. The van der Waals surface area contributed by atoms with Crippen LogP contribution in [-0.2, 0) is 4.74 Å². The number of rotatable bonds is 7. The van der Waals surface area contributed by atoms with Gasteiger partial charge in [0.05, 0.1) is 29.9 Å². The van der Waals surface area contributed by atoms with Crippen molar-refractivity contribution >= 4 is 23.1 Å². The molecule has 2 rings (SSSR count). The number of carbonyl (C=O) groups is 1. The van der Waals surface area contributed by atoms with Gasteiger partial charge in [-0.3, -0.25) is 15.5 Å². The van der Waals surface area contributed by atoms with Crippen LogP contribution in [0.5, 0.6) is 5.75 Å². The fourth-order valence-corrected chi connectivity index (χ4v) is 2.16. The molecule has 2 aromatic rings. The zero-order valence-corrected chi connectivity index (χ0v) is 14.7. The smallest absolute Gasteiger partial charge is 0.338 e. The number of carbonyl (C=O) groups excluding carboxylic acids is 1. The summed E-state index contributed by atoms with van der Waals surface area (Å²) < 4.78 is 9.96. The number of nitrogens with zero attached hydrogens (tertiary/aromatic N) is 2. The van der Waals surface area contributed by atoms with Crippen molar-refractivity contribution in [3.63, 3.8) is 0 Å². The van der Waals surface area contributed by atoms with Crippen molar-refractivity contribution in [1.82, 2.24) is 0 Å². The number of nitro groups is 1. The van der Waals surface area contributed by atoms with Crippen molar-refractivity contribution in [2.75, 3.05) is 19.1 Å². The van der Waals surface area contributed by atoms with Gasteiger partial charge in [-0.25, -0.2) is 4.79 Å². The van der Waals surface area contributed by atoms with E-state index in [4.69, 9.17) is 9.47 Å². The van der Waals surface area contributed by atoms with Crippen molar-refractivity contribution in [2.24, 2.45) is 5.10 Å². The van der Waals surface area contributed by atoms with Crippen LogP contribution in [0.15, 0.2) is 47.6 Å². The Labute approximate surface area is 150 Å². The summed E-state index contributed by atoms with van der Waals surface area (Å²) in [6, 6.07) is 11.3. The summed E-state index contributed by atoms with van der Waals surface area (Å²) in [7, 11) is 1.58. The highest BCUT2D eigenvalue weighted by molar-refractivity contribution is 5.99. The highest BCUT2D eigenvalue weighted by Crippen LogP contribution is 2.26. The van der Waals surface area contributed by atoms with Gasteiger partial charge in [-0.05, 0) is 55.8 Å². The Morgan fingerprint density at radius 2 is 1.85 bits per heavy atom. The summed E-state index contributed by atoms with van der Waals surface area (Å²) in [4.78, 5) is 22.4. The number of esters is 1. The van der Waals surface area contributed by atoms with Crippen molar-refractivity contribution in [3.05, 3.63) is 63.7 Å². The first-order valence-electron chi connectivity index (χ1n) is 7.86. The number of benzene rings is 2. The second kappa shape index (κ2) is 8.61. The lowest BCUT2D eigenvalue weighted by atomic mass is 10.1. The Morgan fingerprint density at radius 1 is 1.19 bits per heavy atom. The lowest BCUT2D eigenvalue weighted by Gasteiger charge is -2.07. The first-order valence-corrected chi connectivity index (χ1v) is 7.86. The molecule has 0 saturated carbocycles. The normalized spacial score (nSPS) is 11.0. The predicted molar refractivity (Wildman–Crippen MR) is 97.9 cm³/mol. The highest BCUT2D eigenvalue weighted by Gasteiger charge is 2.18. The van der Waals surface area contributed by atoms with Crippen LogP contribution < -0.4 is 10.2 Å². The number of ether oxygens (including phenoxy) is 2. The zero-order chi connectivity index (χ0) is 19.1. The van der Waals surface area contributed by atoms with Crippen molar-refractivity contribution in [2.45, 2.75) is 13.8 Å². The van der Waals surface area contributed by atoms with Crippen LogP contribution in [0.25, 0.3) is 0 Å². The fraction of sp³-hybridized carbons (Fsp3) is 0.222. The molecule has 0 fully saturated rings. The van der Waals surface area contributed by atoms with Gasteiger partial charge in [-0.1, -0.05) is 0 Å². The topological polar surface area (TPSA) is 103 Å². The second-order valence-electron chi connectivity index (χ2n) is 5.25. The van der Waals surface area contributed by atoms with Crippen molar-refractivity contribution < 1.29 is 19.2 Å². The third-order valence-electron chi connectivity index (χ3n) is 3.56. The van der Waals surface area contributed by atoms with E-state index < -0.39 is 10.9 Å². The Balaban J connectivity index is 2.24. The molecular formula is C18H19N3O5. The zero-order valence-electron chi connectivity index (χ0n) is 14.7. The van der Waals surface area contributed by atoms with Crippen LogP contribution in [0.4, 0.5) is 11.4 Å². The summed E-state index contributed by atoms with van der Waals surface area (Å²) in [6.07, 6.45) is 0. The van der Waals surface area contributed by atoms with Crippen molar-refractivity contribution in [1.29, 1.82) is 0 Å². The van der Waals surface area contributed by atoms with E-state index in [-0.39, 0.29) is 23.5 Å². The number of nitrogens with one attached hydrogen (secondary N) is 1. The van der Waals surface area contributed by atoms with Crippen LogP contribution in [0, 0.1) is 10.1 Å². The number of nitro benzene ring substituents is 1. The van der Waals surface area contributed by atoms with Gasteiger partial charge in [0.1, 0.15) is 11.4 Å². The molecule has 26 heavy (non-hydrogen) atoms. The fourth-order valence-electron chi connectivity index (χ4n) is 2.16. The van der Waals surface area contributed by atoms with Crippen LogP contribution in [-0.4, -0.2) is 30.3 Å². The largest absolute Gasteiger partial charge is 0.497 e. The standard InChI is InChI=1S/C18H19N3O5/c1-4-26-18(22)14-7-10-16(17(11-14)21(23)24)20-19-12(2)13-5-8-15(25-3)9-6-13/h5-11,20H,4H2,1-3H3/b19-12-. The molecule has 0 heterocycles. The van der Waals surface area contributed by atoms with Gasteiger partial charge in [-0.2, -0.15) is 5.10 Å². The maximum Gasteiger partial charge on any atom is 0.338 e. The number of hydrogen-bond acceptors (Lipinski definition) is 7. The summed E-state index contributed by atoms with van der Waals surface area (Å²) >= 11 is 0. The maximum absolute atomic E-state index is 11.7. The molecule has 0 aliphatic heterocycles. The molecule has 0 saturated heterocycles. The Bertz CT molecular complexity index is 831. The molecule has 0 unspecified atom stereocenters.